The standard InChI is InChI=1S/C14H13N3.C13H12S/c15-13(11-7-3-1-4-8-11)17-14(16)12-9-5-2-6-10-12;1-9-6-7-11-10-4-2-3-5-12(10)14-13(11)8-9/h1-10H,(H3,15,16,17);4-8H,2-3H2,1H3. The van der Waals surface area contributed by atoms with Crippen molar-refractivity contribution in [3.8, 4) is 0 Å². The van der Waals surface area contributed by atoms with Crippen LogP contribution in [0, 0.1) is 12.3 Å². The molecule has 0 unspecified atom stereocenters. The molecule has 0 fully saturated rings. The van der Waals surface area contributed by atoms with Crippen LogP contribution in [0.25, 0.3) is 22.2 Å². The van der Waals surface area contributed by atoms with Gasteiger partial charge in [0.1, 0.15) is 5.84 Å². The number of hydrogen-bond donors (Lipinski definition) is 2. The molecule has 0 spiro atoms. The van der Waals surface area contributed by atoms with Gasteiger partial charge in [-0.1, -0.05) is 84.9 Å². The Balaban J connectivity index is 0.000000151. The van der Waals surface area contributed by atoms with Gasteiger partial charge >= 0.3 is 0 Å². The molecule has 3 nitrogen and oxygen atoms in total. The van der Waals surface area contributed by atoms with Crippen LogP contribution in [0.1, 0.15) is 29.5 Å². The zero-order chi connectivity index (χ0) is 21.6. The fourth-order valence-corrected chi connectivity index (χ4v) is 4.78. The summed E-state index contributed by atoms with van der Waals surface area (Å²) in [6, 6.07) is 25.5. The summed E-state index contributed by atoms with van der Waals surface area (Å²) in [4.78, 5) is 4.10. The third kappa shape index (κ3) is 4.98. The molecule has 4 heteroatoms. The Bertz CT molecular complexity index is 1350. The highest BCUT2D eigenvalue weighted by Crippen LogP contribution is 2.16. The van der Waals surface area contributed by atoms with Crippen LogP contribution in [0.15, 0.2) is 83.9 Å². The molecule has 3 N–H and O–H groups in total. The van der Waals surface area contributed by atoms with Crippen LogP contribution in [-0.4, -0.2) is 11.7 Å². The molecule has 0 saturated carbocycles. The molecule has 1 aromatic heterocycles. The first-order chi connectivity index (χ1) is 15.1. The van der Waals surface area contributed by atoms with Crippen molar-refractivity contribution in [1.82, 2.24) is 0 Å². The van der Waals surface area contributed by atoms with E-state index in [4.69, 9.17) is 11.1 Å². The zero-order valence-corrected chi connectivity index (χ0v) is 18.3. The number of aliphatic imine (C=N–C) groups is 1. The molecule has 0 saturated heterocycles. The first-order valence-corrected chi connectivity index (χ1v) is 11.2. The molecule has 1 aliphatic carbocycles. The van der Waals surface area contributed by atoms with Crippen molar-refractivity contribution in [2.75, 3.05) is 0 Å². The second-order valence-corrected chi connectivity index (χ2v) is 8.53. The number of aryl methyl sites for hydroxylation is 1. The highest BCUT2D eigenvalue weighted by molar-refractivity contribution is 7.17. The van der Waals surface area contributed by atoms with E-state index in [1.165, 1.54) is 38.2 Å². The van der Waals surface area contributed by atoms with Gasteiger partial charge in [-0.25, -0.2) is 4.99 Å². The van der Waals surface area contributed by atoms with Crippen LogP contribution in [0.3, 0.4) is 0 Å². The maximum atomic E-state index is 7.84. The number of nitrogens with one attached hydrogen (secondary N) is 1. The Hall–Kier alpha value is -3.50. The Morgan fingerprint density at radius 2 is 1.52 bits per heavy atom. The molecule has 0 aliphatic heterocycles. The van der Waals surface area contributed by atoms with Crippen molar-refractivity contribution < 1.29 is 0 Å². The van der Waals surface area contributed by atoms with Gasteiger partial charge in [0.2, 0.25) is 0 Å². The lowest BCUT2D eigenvalue weighted by Crippen LogP contribution is -2.20. The number of amidine groups is 2. The molecule has 0 amide bonds. The number of nitrogens with zero attached hydrogens (tertiary/aromatic N) is 1. The summed E-state index contributed by atoms with van der Waals surface area (Å²) in [6.45, 7) is 2.16. The quantitative estimate of drug-likeness (QED) is 0.347. The van der Waals surface area contributed by atoms with E-state index in [1.807, 2.05) is 72.0 Å². The average molecular weight is 424 g/mol. The number of thiophene rings is 1. The second kappa shape index (κ2) is 9.54. The van der Waals surface area contributed by atoms with Gasteiger partial charge in [-0.3, -0.25) is 5.41 Å². The molecular weight excluding hydrogens is 398 g/mol. The summed E-state index contributed by atoms with van der Waals surface area (Å²) < 4.78 is 2.90. The van der Waals surface area contributed by atoms with E-state index in [0.29, 0.717) is 5.84 Å². The van der Waals surface area contributed by atoms with Gasteiger partial charge in [0.15, 0.2) is 5.84 Å². The van der Waals surface area contributed by atoms with E-state index in [1.54, 1.807) is 0 Å². The molecular formula is C27H25N3S. The Kier molecular flexibility index (Phi) is 6.39. The molecule has 4 aromatic rings. The van der Waals surface area contributed by atoms with Crippen molar-refractivity contribution in [3.05, 3.63) is 105 Å². The first kappa shape index (κ1) is 20.8. The molecule has 1 heterocycles. The zero-order valence-electron chi connectivity index (χ0n) is 17.5. The predicted molar refractivity (Wildman–Crippen MR) is 134 cm³/mol. The highest BCUT2D eigenvalue weighted by Gasteiger charge is 2.03. The third-order valence-electron chi connectivity index (χ3n) is 5.11. The Labute approximate surface area is 186 Å². The maximum Gasteiger partial charge on any atom is 0.154 e. The molecule has 5 rings (SSSR count). The summed E-state index contributed by atoms with van der Waals surface area (Å²) in [5.41, 5.74) is 8.78. The topological polar surface area (TPSA) is 62.2 Å². The van der Waals surface area contributed by atoms with Gasteiger partial charge in [0, 0.05) is 20.4 Å². The normalized spacial score (nSPS) is 12.7. The predicted octanol–water partition coefficient (Wildman–Crippen LogP) is 4.98. The smallest absolute Gasteiger partial charge is 0.154 e. The summed E-state index contributed by atoms with van der Waals surface area (Å²) in [5, 5.41) is 10.7. The van der Waals surface area contributed by atoms with Gasteiger partial charge < -0.3 is 5.73 Å². The van der Waals surface area contributed by atoms with Crippen LogP contribution in [-0.2, 0) is 0 Å². The van der Waals surface area contributed by atoms with Gasteiger partial charge in [-0.2, -0.15) is 0 Å². The number of nitrogens with two attached hydrogens (primary N) is 1. The van der Waals surface area contributed by atoms with E-state index in [2.05, 4.69) is 42.3 Å². The minimum atomic E-state index is 0.173. The maximum absolute atomic E-state index is 7.84. The van der Waals surface area contributed by atoms with Crippen molar-refractivity contribution in [2.24, 2.45) is 10.7 Å². The van der Waals surface area contributed by atoms with Crippen LogP contribution in [0.5, 0.6) is 0 Å². The lowest BCUT2D eigenvalue weighted by Gasteiger charge is -2.02. The minimum Gasteiger partial charge on any atom is -0.383 e. The molecule has 0 bridgehead atoms. The number of benzene rings is 3. The van der Waals surface area contributed by atoms with E-state index >= 15 is 0 Å². The van der Waals surface area contributed by atoms with E-state index in [-0.39, 0.29) is 5.84 Å². The molecule has 3 aromatic carbocycles. The summed E-state index contributed by atoms with van der Waals surface area (Å²) in [7, 11) is 0. The summed E-state index contributed by atoms with van der Waals surface area (Å²) >= 11 is 1.93. The van der Waals surface area contributed by atoms with Gasteiger partial charge in [-0.15, -0.1) is 11.3 Å². The third-order valence-corrected chi connectivity index (χ3v) is 6.27. The number of fused-ring (bicyclic) bond motifs is 3. The average Bonchev–Trinajstić information content (AvgIpc) is 3.18. The van der Waals surface area contributed by atoms with Crippen molar-refractivity contribution in [1.29, 1.82) is 5.41 Å². The number of rotatable bonds is 2. The first-order valence-electron chi connectivity index (χ1n) is 10.3. The minimum absolute atomic E-state index is 0.173. The molecule has 0 radical (unpaired) electrons. The van der Waals surface area contributed by atoms with Crippen molar-refractivity contribution >= 4 is 45.2 Å². The van der Waals surface area contributed by atoms with E-state index in [0.717, 1.165) is 11.1 Å². The van der Waals surface area contributed by atoms with Crippen LogP contribution in [0.2, 0.25) is 0 Å². The summed E-state index contributed by atoms with van der Waals surface area (Å²) in [6.07, 6.45) is 7.16. The molecule has 0 atom stereocenters. The fraction of sp³-hybridized carbons (Fsp3) is 0.111. The fourth-order valence-electron chi connectivity index (χ4n) is 3.50. The lowest BCUT2D eigenvalue weighted by molar-refractivity contribution is 1.13. The molecule has 154 valence electrons. The lowest BCUT2D eigenvalue weighted by atomic mass is 10.1. The van der Waals surface area contributed by atoms with Gasteiger partial charge in [0.05, 0.1) is 0 Å². The van der Waals surface area contributed by atoms with Gasteiger partial charge in [-0.05, 0) is 42.0 Å². The second-order valence-electron chi connectivity index (χ2n) is 7.44. The van der Waals surface area contributed by atoms with Gasteiger partial charge in [0.25, 0.3) is 0 Å². The monoisotopic (exact) mass is 423 g/mol. The Morgan fingerprint density at radius 1 is 0.871 bits per heavy atom. The summed E-state index contributed by atoms with van der Waals surface area (Å²) in [5.74, 6) is 0.534. The molecule has 1 aliphatic rings. The Morgan fingerprint density at radius 3 is 2.23 bits per heavy atom. The van der Waals surface area contributed by atoms with E-state index < -0.39 is 0 Å². The van der Waals surface area contributed by atoms with Crippen LogP contribution in [0.4, 0.5) is 0 Å². The van der Waals surface area contributed by atoms with Crippen molar-refractivity contribution in [3.63, 3.8) is 0 Å². The highest BCUT2D eigenvalue weighted by atomic mass is 32.1. The van der Waals surface area contributed by atoms with Crippen LogP contribution >= 0.6 is 11.3 Å². The largest absolute Gasteiger partial charge is 0.383 e. The SMILES string of the molecule is Cc1ccc2c3c(sc2c1)=CCCC=3.N=C(N=C(N)c1ccccc1)c1ccccc1. The number of hydrogen-bond acceptors (Lipinski definition) is 2. The van der Waals surface area contributed by atoms with Crippen molar-refractivity contribution in [2.45, 2.75) is 19.8 Å². The van der Waals surface area contributed by atoms with Crippen LogP contribution < -0.4 is 15.5 Å². The molecule has 31 heavy (non-hydrogen) atoms. The van der Waals surface area contributed by atoms with E-state index in [9.17, 15) is 0 Å².